The van der Waals surface area contributed by atoms with Crippen molar-refractivity contribution < 1.29 is 22.7 Å². The third-order valence-electron chi connectivity index (χ3n) is 1.85. The summed E-state index contributed by atoms with van der Waals surface area (Å²) < 4.78 is 39.9. The maximum atomic E-state index is 11.8. The van der Waals surface area contributed by atoms with Gasteiger partial charge in [0.25, 0.3) is 0 Å². The lowest BCUT2D eigenvalue weighted by Crippen LogP contribution is -2.15. The van der Waals surface area contributed by atoms with Crippen molar-refractivity contribution in [1.29, 1.82) is 0 Å². The number of ether oxygens (including phenoxy) is 1. The summed E-state index contributed by atoms with van der Waals surface area (Å²) in [5.74, 6) is -0.900. The summed E-state index contributed by atoms with van der Waals surface area (Å²) in [6.45, 7) is -0.732. The molecule has 0 atom stereocenters. The standard InChI is InChI=1S/C10H9ClF3NO2/c11-6-1-2-7(8(15)5-6)9(16)17-4-3-10(12,13)14/h1-2,5H,3-4,15H2. The number of hydrogen-bond acceptors (Lipinski definition) is 3. The van der Waals surface area contributed by atoms with E-state index in [0.717, 1.165) is 0 Å². The predicted molar refractivity (Wildman–Crippen MR) is 56.8 cm³/mol. The molecule has 94 valence electrons. The second kappa shape index (κ2) is 5.27. The van der Waals surface area contributed by atoms with E-state index in [1.165, 1.54) is 18.2 Å². The fraction of sp³-hybridized carbons (Fsp3) is 0.300. The molecule has 0 bridgehead atoms. The molecule has 0 saturated carbocycles. The summed E-state index contributed by atoms with van der Waals surface area (Å²) in [6.07, 6.45) is -5.54. The number of carbonyl (C=O) groups excluding carboxylic acids is 1. The highest BCUT2D eigenvalue weighted by atomic mass is 35.5. The molecule has 0 radical (unpaired) electrons. The molecule has 7 heteroatoms. The lowest BCUT2D eigenvalue weighted by molar-refractivity contribution is -0.141. The molecule has 3 nitrogen and oxygen atoms in total. The average molecular weight is 268 g/mol. The van der Waals surface area contributed by atoms with Crippen LogP contribution in [0.25, 0.3) is 0 Å². The molecule has 1 aromatic carbocycles. The smallest absolute Gasteiger partial charge is 0.392 e. The van der Waals surface area contributed by atoms with E-state index in [9.17, 15) is 18.0 Å². The Morgan fingerprint density at radius 3 is 2.59 bits per heavy atom. The van der Waals surface area contributed by atoms with E-state index >= 15 is 0 Å². The Labute approximate surface area is 100 Å². The minimum absolute atomic E-state index is 0.00317. The van der Waals surface area contributed by atoms with E-state index < -0.39 is 25.2 Å². The van der Waals surface area contributed by atoms with Crippen LogP contribution in [-0.4, -0.2) is 18.8 Å². The molecular formula is C10H9ClF3NO2. The summed E-state index contributed by atoms with van der Waals surface area (Å²) >= 11 is 5.60. The van der Waals surface area contributed by atoms with Gasteiger partial charge in [0.2, 0.25) is 0 Å². The van der Waals surface area contributed by atoms with Gasteiger partial charge in [-0.3, -0.25) is 0 Å². The highest BCUT2D eigenvalue weighted by molar-refractivity contribution is 6.31. The molecule has 1 rings (SSSR count). The molecule has 0 aliphatic heterocycles. The van der Waals surface area contributed by atoms with E-state index in [1.54, 1.807) is 0 Å². The van der Waals surface area contributed by atoms with Crippen LogP contribution >= 0.6 is 11.6 Å². The van der Waals surface area contributed by atoms with Crippen LogP contribution in [0.15, 0.2) is 18.2 Å². The molecule has 0 saturated heterocycles. The third kappa shape index (κ3) is 4.52. The highest BCUT2D eigenvalue weighted by Crippen LogP contribution is 2.21. The molecule has 0 aliphatic carbocycles. The van der Waals surface area contributed by atoms with Gasteiger partial charge in [0.15, 0.2) is 0 Å². The molecule has 0 fully saturated rings. The zero-order chi connectivity index (χ0) is 13.1. The maximum absolute atomic E-state index is 11.8. The Morgan fingerprint density at radius 2 is 2.06 bits per heavy atom. The fourth-order valence-electron chi connectivity index (χ4n) is 1.06. The molecule has 0 amide bonds. The molecule has 0 unspecified atom stereocenters. The van der Waals surface area contributed by atoms with Crippen molar-refractivity contribution >= 4 is 23.3 Å². The quantitative estimate of drug-likeness (QED) is 0.676. The van der Waals surface area contributed by atoms with E-state index in [4.69, 9.17) is 17.3 Å². The maximum Gasteiger partial charge on any atom is 0.392 e. The van der Waals surface area contributed by atoms with Crippen molar-refractivity contribution in [2.75, 3.05) is 12.3 Å². The molecule has 0 heterocycles. The largest absolute Gasteiger partial charge is 0.462 e. The Morgan fingerprint density at radius 1 is 1.41 bits per heavy atom. The molecule has 0 aliphatic rings. The van der Waals surface area contributed by atoms with Gasteiger partial charge in [0.1, 0.15) is 6.61 Å². The summed E-state index contributed by atoms with van der Waals surface area (Å²) in [6, 6.07) is 4.02. The first-order valence-electron chi connectivity index (χ1n) is 4.58. The van der Waals surface area contributed by atoms with Crippen LogP contribution in [0.5, 0.6) is 0 Å². The van der Waals surface area contributed by atoms with E-state index in [2.05, 4.69) is 4.74 Å². The lowest BCUT2D eigenvalue weighted by atomic mass is 10.2. The SMILES string of the molecule is Nc1cc(Cl)ccc1C(=O)OCCC(F)(F)F. The van der Waals surface area contributed by atoms with E-state index in [-0.39, 0.29) is 11.3 Å². The molecule has 2 N–H and O–H groups in total. The number of carbonyl (C=O) groups is 1. The second-order valence-electron chi connectivity index (χ2n) is 3.23. The van der Waals surface area contributed by atoms with Gasteiger partial charge in [0, 0.05) is 10.7 Å². The molecule has 17 heavy (non-hydrogen) atoms. The summed E-state index contributed by atoms with van der Waals surface area (Å²) in [5, 5.41) is 0.328. The van der Waals surface area contributed by atoms with Crippen molar-refractivity contribution in [3.05, 3.63) is 28.8 Å². The first kappa shape index (κ1) is 13.6. The monoisotopic (exact) mass is 267 g/mol. The van der Waals surface area contributed by atoms with Crippen molar-refractivity contribution in [1.82, 2.24) is 0 Å². The zero-order valence-electron chi connectivity index (χ0n) is 8.55. The topological polar surface area (TPSA) is 52.3 Å². The van der Waals surface area contributed by atoms with Crippen LogP contribution < -0.4 is 5.73 Å². The number of rotatable bonds is 3. The van der Waals surface area contributed by atoms with Crippen LogP contribution in [0.4, 0.5) is 18.9 Å². The predicted octanol–water partition coefficient (Wildman–Crippen LogP) is 3.03. The molecule has 0 spiro atoms. The Balaban J connectivity index is 2.59. The van der Waals surface area contributed by atoms with Gasteiger partial charge in [-0.25, -0.2) is 4.79 Å². The fourth-order valence-corrected chi connectivity index (χ4v) is 1.24. The second-order valence-corrected chi connectivity index (χ2v) is 3.67. The number of benzene rings is 1. The van der Waals surface area contributed by atoms with Crippen LogP contribution in [0.2, 0.25) is 5.02 Å². The van der Waals surface area contributed by atoms with Crippen molar-refractivity contribution in [2.24, 2.45) is 0 Å². The van der Waals surface area contributed by atoms with E-state index in [1.807, 2.05) is 0 Å². The van der Waals surface area contributed by atoms with Crippen LogP contribution in [0.3, 0.4) is 0 Å². The zero-order valence-corrected chi connectivity index (χ0v) is 9.31. The Bertz CT molecular complexity index is 421. The van der Waals surface area contributed by atoms with Crippen molar-refractivity contribution in [3.8, 4) is 0 Å². The van der Waals surface area contributed by atoms with E-state index in [0.29, 0.717) is 5.02 Å². The van der Waals surface area contributed by atoms with Gasteiger partial charge in [-0.15, -0.1) is 0 Å². The lowest BCUT2D eigenvalue weighted by Gasteiger charge is -2.08. The van der Waals surface area contributed by atoms with Crippen LogP contribution in [-0.2, 0) is 4.74 Å². The van der Waals surface area contributed by atoms with Gasteiger partial charge in [-0.2, -0.15) is 13.2 Å². The summed E-state index contributed by atoms with van der Waals surface area (Å²) in [4.78, 5) is 11.4. The normalized spacial score (nSPS) is 11.3. The Hall–Kier alpha value is -1.43. The molecule has 0 aromatic heterocycles. The number of nitrogen functional groups attached to an aromatic ring is 1. The minimum Gasteiger partial charge on any atom is -0.462 e. The number of hydrogen-bond donors (Lipinski definition) is 1. The van der Waals surface area contributed by atoms with Gasteiger partial charge in [-0.05, 0) is 18.2 Å². The first-order valence-corrected chi connectivity index (χ1v) is 4.96. The van der Waals surface area contributed by atoms with Gasteiger partial charge in [0.05, 0.1) is 12.0 Å². The van der Waals surface area contributed by atoms with Crippen LogP contribution in [0, 0.1) is 0 Å². The van der Waals surface area contributed by atoms with Crippen molar-refractivity contribution in [3.63, 3.8) is 0 Å². The molecule has 1 aromatic rings. The van der Waals surface area contributed by atoms with Crippen molar-refractivity contribution in [2.45, 2.75) is 12.6 Å². The minimum atomic E-state index is -4.36. The summed E-state index contributed by atoms with van der Waals surface area (Å²) in [5.41, 5.74) is 5.53. The number of esters is 1. The molecular weight excluding hydrogens is 259 g/mol. The third-order valence-corrected chi connectivity index (χ3v) is 2.09. The number of nitrogens with two attached hydrogens (primary N) is 1. The number of alkyl halides is 3. The first-order chi connectivity index (χ1) is 7.79. The van der Waals surface area contributed by atoms with Gasteiger partial charge in [-0.1, -0.05) is 11.6 Å². The Kier molecular flexibility index (Phi) is 4.22. The summed E-state index contributed by atoms with van der Waals surface area (Å²) in [7, 11) is 0. The van der Waals surface area contributed by atoms with Crippen LogP contribution in [0.1, 0.15) is 16.8 Å². The van der Waals surface area contributed by atoms with Gasteiger partial charge < -0.3 is 10.5 Å². The highest BCUT2D eigenvalue weighted by Gasteiger charge is 2.27. The number of halogens is 4. The average Bonchev–Trinajstić information content (AvgIpc) is 2.15. The number of anilines is 1. The van der Waals surface area contributed by atoms with Gasteiger partial charge >= 0.3 is 12.1 Å².